The highest BCUT2D eigenvalue weighted by atomic mass is 16.3. The largest absolute Gasteiger partial charge is 0.394 e. The summed E-state index contributed by atoms with van der Waals surface area (Å²) >= 11 is 0. The smallest absolute Gasteiger partial charge is 0.220 e. The van der Waals surface area contributed by atoms with E-state index >= 15 is 0 Å². The maximum atomic E-state index is 12.5. The summed E-state index contributed by atoms with van der Waals surface area (Å²) < 4.78 is 0. The maximum Gasteiger partial charge on any atom is 0.220 e. The average Bonchev–Trinajstić information content (AvgIpc) is 3.59. The molecule has 0 rings (SSSR count). The van der Waals surface area contributed by atoms with E-state index in [0.717, 1.165) is 109 Å². The molecule has 0 heterocycles. The Morgan fingerprint density at radius 2 is 0.523 bits per heavy atom. The number of carbonyl (C=O) groups excluding carboxylic acids is 1. The molecule has 490 valence electrons. The molecule has 0 fully saturated rings. The zero-order valence-electron chi connectivity index (χ0n) is 56.5. The molecule has 3 N–H and O–H groups in total. The Kier molecular flexibility index (Phi) is 71.8. The van der Waals surface area contributed by atoms with Crippen LogP contribution in [-0.4, -0.2) is 34.9 Å². The van der Waals surface area contributed by atoms with Crippen LogP contribution in [0.1, 0.15) is 335 Å². The SMILES string of the molecule is CC/C=C\C/C=C\C/C=C\C/C=C\C/C=C\C/C=C\C/C=C\C/C=C\C/C=C\C/C=C\CCCCCCCCCCCCC(=O)NC(CO)C(O)/C=C/CC/C=C/CC/C=C/CCCCCCCCCCCCCCCCCCCCCCCCC. The number of aliphatic hydroxyl groups is 2. The summed E-state index contributed by atoms with van der Waals surface area (Å²) in [6, 6.07) is -0.661. The van der Waals surface area contributed by atoms with E-state index in [1.807, 2.05) is 6.08 Å². The van der Waals surface area contributed by atoms with Crippen LogP contribution < -0.4 is 5.32 Å². The van der Waals surface area contributed by atoms with Crippen LogP contribution in [0.4, 0.5) is 0 Å². The van der Waals surface area contributed by atoms with Crippen molar-refractivity contribution in [2.45, 2.75) is 347 Å². The summed E-state index contributed by atoms with van der Waals surface area (Å²) in [6.45, 7) is 4.20. The van der Waals surface area contributed by atoms with E-state index in [4.69, 9.17) is 0 Å². The fraction of sp³-hybridized carbons (Fsp3) is 0.671. The Morgan fingerprint density at radius 3 is 0.814 bits per heavy atom. The molecule has 4 nitrogen and oxygen atoms in total. The minimum absolute atomic E-state index is 0.0859. The minimum atomic E-state index is -0.885. The predicted octanol–water partition coefficient (Wildman–Crippen LogP) is 25.6. The lowest BCUT2D eigenvalue weighted by Crippen LogP contribution is -2.45. The van der Waals surface area contributed by atoms with Crippen molar-refractivity contribution in [2.24, 2.45) is 0 Å². The molecule has 0 spiro atoms. The van der Waals surface area contributed by atoms with Gasteiger partial charge < -0.3 is 15.5 Å². The van der Waals surface area contributed by atoms with Crippen LogP contribution in [0, 0.1) is 0 Å². The van der Waals surface area contributed by atoms with Crippen LogP contribution in [0.25, 0.3) is 0 Å². The maximum absolute atomic E-state index is 12.5. The molecule has 0 aliphatic heterocycles. The number of allylic oxidation sites excluding steroid dienone is 25. The molecule has 0 aromatic rings. The predicted molar refractivity (Wildman–Crippen MR) is 386 cm³/mol. The molecule has 0 saturated carbocycles. The number of hydrogen-bond donors (Lipinski definition) is 3. The van der Waals surface area contributed by atoms with Gasteiger partial charge in [-0.05, 0) is 122 Å². The van der Waals surface area contributed by atoms with Crippen LogP contribution in [-0.2, 0) is 4.79 Å². The van der Waals surface area contributed by atoms with Crippen molar-refractivity contribution >= 4 is 5.91 Å². The summed E-state index contributed by atoms with van der Waals surface area (Å²) in [5.41, 5.74) is 0. The molecule has 2 unspecified atom stereocenters. The number of aliphatic hydroxyl groups excluding tert-OH is 2. The molecule has 0 aliphatic carbocycles. The quantitative estimate of drug-likeness (QED) is 0.0420. The first kappa shape index (κ1) is 82.0. The van der Waals surface area contributed by atoms with Crippen LogP contribution in [0.3, 0.4) is 0 Å². The van der Waals surface area contributed by atoms with Gasteiger partial charge in [-0.15, -0.1) is 0 Å². The molecule has 0 radical (unpaired) electrons. The highest BCUT2D eigenvalue weighted by molar-refractivity contribution is 5.76. The van der Waals surface area contributed by atoms with Crippen molar-refractivity contribution in [1.29, 1.82) is 0 Å². The zero-order valence-corrected chi connectivity index (χ0v) is 56.5. The lowest BCUT2D eigenvalue weighted by Gasteiger charge is -2.19. The van der Waals surface area contributed by atoms with Crippen LogP contribution in [0.2, 0.25) is 0 Å². The van der Waals surface area contributed by atoms with Crippen molar-refractivity contribution in [3.63, 3.8) is 0 Å². The van der Waals surface area contributed by atoms with Gasteiger partial charge in [0.15, 0.2) is 0 Å². The molecule has 86 heavy (non-hydrogen) atoms. The highest BCUT2D eigenvalue weighted by Gasteiger charge is 2.18. The van der Waals surface area contributed by atoms with Gasteiger partial charge in [-0.3, -0.25) is 4.79 Å². The van der Waals surface area contributed by atoms with Crippen molar-refractivity contribution in [3.05, 3.63) is 158 Å². The van der Waals surface area contributed by atoms with E-state index in [0.29, 0.717) is 6.42 Å². The third-order valence-corrected chi connectivity index (χ3v) is 16.0. The fourth-order valence-electron chi connectivity index (χ4n) is 10.5. The molecular weight excluding hydrogens is 1050 g/mol. The molecule has 4 heteroatoms. The van der Waals surface area contributed by atoms with Crippen molar-refractivity contribution < 1.29 is 15.0 Å². The Balaban J connectivity index is 3.60. The second kappa shape index (κ2) is 75.3. The molecule has 0 aromatic carbocycles. The van der Waals surface area contributed by atoms with Gasteiger partial charge in [0, 0.05) is 6.42 Å². The molecule has 0 bridgehead atoms. The van der Waals surface area contributed by atoms with E-state index in [1.165, 1.54) is 205 Å². The Morgan fingerprint density at radius 1 is 0.291 bits per heavy atom. The van der Waals surface area contributed by atoms with Crippen molar-refractivity contribution in [2.75, 3.05) is 6.61 Å². The van der Waals surface area contributed by atoms with Crippen LogP contribution in [0.15, 0.2) is 158 Å². The van der Waals surface area contributed by atoms with Gasteiger partial charge in [-0.2, -0.15) is 0 Å². The van der Waals surface area contributed by atoms with E-state index in [9.17, 15) is 15.0 Å². The molecule has 1 amide bonds. The summed E-state index contributed by atoms with van der Waals surface area (Å²) in [6.07, 6.45) is 119. The number of carbonyl (C=O) groups is 1. The molecular formula is C82H139NO3. The van der Waals surface area contributed by atoms with Crippen molar-refractivity contribution in [3.8, 4) is 0 Å². The monoisotopic (exact) mass is 1190 g/mol. The van der Waals surface area contributed by atoms with Crippen LogP contribution in [0.5, 0.6) is 0 Å². The Labute approximate surface area is 535 Å². The van der Waals surface area contributed by atoms with E-state index < -0.39 is 12.1 Å². The standard InChI is InChI=1S/C82H139NO3/c1-3-5-7-9-11-13-15-17-19-21-23-25-27-29-31-33-35-37-38-39-40-41-42-43-44-46-48-50-52-54-56-58-60-62-64-66-68-70-72-74-76-78-82(86)83-80(79-84)81(85)77-75-73-71-69-67-65-63-61-59-57-55-53-51-49-47-45-36-34-32-30-28-26-24-22-20-18-16-14-12-10-8-6-4-2/h5,7,11,13,17,19,23,25,29,31,35,37,39-40,42-43,46,48,52,54,59,61,67,69,75,77,80-81,84-85H,3-4,6,8-10,12,14-16,18,20-22,24,26-28,30,32-34,36,38,41,44-45,47,49-51,53,55-58,60,62-66,68,70-74,76,78-79H2,1-2H3,(H,83,86)/b7-5-,13-11-,19-17-,25-23-,31-29-,37-35-,40-39-,43-42-,48-46-,54-52-,61-59+,69-67+,77-75+. The van der Waals surface area contributed by atoms with Gasteiger partial charge >= 0.3 is 0 Å². The molecule has 2 atom stereocenters. The highest BCUT2D eigenvalue weighted by Crippen LogP contribution is 2.17. The van der Waals surface area contributed by atoms with E-state index in [1.54, 1.807) is 6.08 Å². The van der Waals surface area contributed by atoms with Gasteiger partial charge in [0.1, 0.15) is 0 Å². The second-order valence-electron chi connectivity index (χ2n) is 24.3. The van der Waals surface area contributed by atoms with Gasteiger partial charge in [-0.25, -0.2) is 0 Å². The van der Waals surface area contributed by atoms with Gasteiger partial charge in [0.2, 0.25) is 5.91 Å². The summed E-state index contributed by atoms with van der Waals surface area (Å²) in [5.74, 6) is -0.0859. The van der Waals surface area contributed by atoms with Gasteiger partial charge in [0.05, 0.1) is 18.8 Å². The normalized spacial score (nSPS) is 13.7. The second-order valence-corrected chi connectivity index (χ2v) is 24.3. The molecule has 0 aliphatic rings. The molecule has 0 aromatic heterocycles. The lowest BCUT2D eigenvalue weighted by molar-refractivity contribution is -0.123. The van der Waals surface area contributed by atoms with Crippen LogP contribution >= 0.6 is 0 Å². The number of unbranched alkanes of at least 4 members (excludes halogenated alkanes) is 35. The zero-order chi connectivity index (χ0) is 61.9. The first-order chi connectivity index (χ1) is 42.7. The topological polar surface area (TPSA) is 69.6 Å². The first-order valence-electron chi connectivity index (χ1n) is 36.7. The van der Waals surface area contributed by atoms with Gasteiger partial charge in [0.25, 0.3) is 0 Å². The molecule has 0 saturated heterocycles. The number of rotatable bonds is 66. The Bertz CT molecular complexity index is 1780. The first-order valence-corrected chi connectivity index (χ1v) is 36.7. The van der Waals surface area contributed by atoms with E-state index in [2.05, 4.69) is 165 Å². The third-order valence-electron chi connectivity index (χ3n) is 16.0. The van der Waals surface area contributed by atoms with Gasteiger partial charge in [-0.1, -0.05) is 364 Å². The average molecular weight is 1190 g/mol. The Hall–Kier alpha value is -3.99. The van der Waals surface area contributed by atoms with E-state index in [-0.39, 0.29) is 12.5 Å². The number of nitrogens with one attached hydrogen (secondary N) is 1. The minimum Gasteiger partial charge on any atom is -0.394 e. The number of amides is 1. The number of hydrogen-bond acceptors (Lipinski definition) is 3. The summed E-state index contributed by atoms with van der Waals surface area (Å²) in [4.78, 5) is 12.5. The lowest BCUT2D eigenvalue weighted by atomic mass is 10.0. The summed E-state index contributed by atoms with van der Waals surface area (Å²) in [7, 11) is 0. The fourth-order valence-corrected chi connectivity index (χ4v) is 10.5. The summed E-state index contributed by atoms with van der Waals surface area (Å²) in [5, 5.41) is 23.3. The van der Waals surface area contributed by atoms with Crippen molar-refractivity contribution in [1.82, 2.24) is 5.32 Å². The third kappa shape index (κ3) is 70.8.